The summed E-state index contributed by atoms with van der Waals surface area (Å²) in [4.78, 5) is 17.3. The number of hydrogen-bond acceptors (Lipinski definition) is 4. The maximum Gasteiger partial charge on any atom is 0.175 e. The minimum absolute atomic E-state index is 0.0446. The topological polar surface area (TPSA) is 48.4 Å². The molecule has 0 aliphatic heterocycles. The van der Waals surface area contributed by atoms with Crippen LogP contribution in [-0.2, 0) is 6.42 Å². The minimum atomic E-state index is -0.192. The summed E-state index contributed by atoms with van der Waals surface area (Å²) in [6.07, 6.45) is 3.44. The molecule has 1 atom stereocenters. The van der Waals surface area contributed by atoms with E-state index in [1.54, 1.807) is 38.6 Å². The highest BCUT2D eigenvalue weighted by atomic mass is 16.5. The largest absolute Gasteiger partial charge is 0.497 e. The molecule has 4 nitrogen and oxygen atoms in total. The van der Waals surface area contributed by atoms with Crippen molar-refractivity contribution in [3.05, 3.63) is 53.3 Å². The second-order valence-electron chi connectivity index (χ2n) is 5.07. The molecule has 1 aromatic heterocycles. The maximum atomic E-state index is 12.9. The highest BCUT2D eigenvalue weighted by molar-refractivity contribution is 6.03. The lowest BCUT2D eigenvalue weighted by molar-refractivity contribution is 0.0954. The van der Waals surface area contributed by atoms with Crippen molar-refractivity contribution in [1.82, 2.24) is 4.98 Å². The summed E-state index contributed by atoms with van der Waals surface area (Å²) >= 11 is 0. The number of ketones is 1. The Kier molecular flexibility index (Phi) is 3.60. The molecule has 0 bridgehead atoms. The normalized spacial score (nSPS) is 16.4. The van der Waals surface area contributed by atoms with Gasteiger partial charge in [-0.15, -0.1) is 0 Å². The van der Waals surface area contributed by atoms with Gasteiger partial charge in [0.2, 0.25) is 0 Å². The molecule has 0 saturated carbocycles. The van der Waals surface area contributed by atoms with E-state index in [2.05, 4.69) is 4.98 Å². The molecule has 0 spiro atoms. The fourth-order valence-electron chi connectivity index (χ4n) is 2.86. The second-order valence-corrected chi connectivity index (χ2v) is 5.07. The Balaban J connectivity index is 2.00. The molecule has 2 aromatic rings. The van der Waals surface area contributed by atoms with E-state index >= 15 is 0 Å². The van der Waals surface area contributed by atoms with Gasteiger partial charge >= 0.3 is 0 Å². The van der Waals surface area contributed by atoms with Crippen molar-refractivity contribution in [2.45, 2.75) is 18.8 Å². The summed E-state index contributed by atoms with van der Waals surface area (Å²) < 4.78 is 10.5. The second kappa shape index (κ2) is 5.56. The number of aromatic nitrogens is 1. The monoisotopic (exact) mass is 283 g/mol. The standard InChI is InChI=1S/C17H17NO3/c1-20-12-6-8-15(21-2)14(10-12)17(19)13-7-5-11-4-3-9-18-16(11)13/h3-4,6,8-10,13H,5,7H2,1-2H3. The van der Waals surface area contributed by atoms with Gasteiger partial charge in [0, 0.05) is 6.20 Å². The fourth-order valence-corrected chi connectivity index (χ4v) is 2.86. The lowest BCUT2D eigenvalue weighted by atomic mass is 9.94. The molecular formula is C17H17NO3. The van der Waals surface area contributed by atoms with Crippen LogP contribution in [0.3, 0.4) is 0 Å². The summed E-state index contributed by atoms with van der Waals surface area (Å²) in [5, 5.41) is 0. The summed E-state index contributed by atoms with van der Waals surface area (Å²) in [6.45, 7) is 0. The van der Waals surface area contributed by atoms with Crippen molar-refractivity contribution in [3.63, 3.8) is 0 Å². The summed E-state index contributed by atoms with van der Waals surface area (Å²) in [7, 11) is 3.15. The molecule has 21 heavy (non-hydrogen) atoms. The minimum Gasteiger partial charge on any atom is -0.497 e. The van der Waals surface area contributed by atoms with Crippen LogP contribution in [0.5, 0.6) is 11.5 Å². The lowest BCUT2D eigenvalue weighted by Crippen LogP contribution is -2.12. The Morgan fingerprint density at radius 1 is 1.24 bits per heavy atom. The Morgan fingerprint density at radius 3 is 2.86 bits per heavy atom. The third-order valence-electron chi connectivity index (χ3n) is 3.95. The van der Waals surface area contributed by atoms with Crippen LogP contribution in [0.4, 0.5) is 0 Å². The molecule has 0 saturated heterocycles. The van der Waals surface area contributed by atoms with Crippen LogP contribution in [0.2, 0.25) is 0 Å². The molecule has 108 valence electrons. The van der Waals surface area contributed by atoms with Crippen LogP contribution >= 0.6 is 0 Å². The van der Waals surface area contributed by atoms with Gasteiger partial charge in [-0.2, -0.15) is 0 Å². The van der Waals surface area contributed by atoms with Gasteiger partial charge in [0.25, 0.3) is 0 Å². The molecule has 0 fully saturated rings. The molecule has 4 heteroatoms. The molecule has 3 rings (SSSR count). The van der Waals surface area contributed by atoms with Gasteiger partial charge in [0.1, 0.15) is 11.5 Å². The first kappa shape index (κ1) is 13.6. The summed E-state index contributed by atoms with van der Waals surface area (Å²) in [5.74, 6) is 1.08. The van der Waals surface area contributed by atoms with Crippen molar-refractivity contribution in [2.24, 2.45) is 0 Å². The van der Waals surface area contributed by atoms with E-state index in [1.807, 2.05) is 12.1 Å². The molecule has 1 aliphatic rings. The van der Waals surface area contributed by atoms with Crippen LogP contribution in [0, 0.1) is 0 Å². The molecule has 1 aliphatic carbocycles. The third kappa shape index (κ3) is 2.37. The number of Topliss-reactive ketones (excluding diaryl/α,β-unsaturated/α-hetero) is 1. The van der Waals surface area contributed by atoms with Gasteiger partial charge in [-0.3, -0.25) is 9.78 Å². The number of fused-ring (bicyclic) bond motifs is 1. The first-order chi connectivity index (χ1) is 10.2. The Morgan fingerprint density at radius 2 is 2.10 bits per heavy atom. The quantitative estimate of drug-likeness (QED) is 0.809. The zero-order valence-electron chi connectivity index (χ0n) is 12.1. The zero-order chi connectivity index (χ0) is 14.8. The first-order valence-corrected chi connectivity index (χ1v) is 6.94. The fraction of sp³-hybridized carbons (Fsp3) is 0.294. The van der Waals surface area contributed by atoms with E-state index in [-0.39, 0.29) is 11.7 Å². The van der Waals surface area contributed by atoms with Crippen LogP contribution in [0.15, 0.2) is 36.5 Å². The van der Waals surface area contributed by atoms with Gasteiger partial charge in [-0.1, -0.05) is 6.07 Å². The van der Waals surface area contributed by atoms with Crippen LogP contribution in [-0.4, -0.2) is 25.0 Å². The van der Waals surface area contributed by atoms with Gasteiger partial charge in [-0.05, 0) is 42.7 Å². The first-order valence-electron chi connectivity index (χ1n) is 6.94. The van der Waals surface area contributed by atoms with Crippen molar-refractivity contribution >= 4 is 5.78 Å². The van der Waals surface area contributed by atoms with Crippen molar-refractivity contribution < 1.29 is 14.3 Å². The predicted molar refractivity (Wildman–Crippen MR) is 79.2 cm³/mol. The number of aryl methyl sites for hydroxylation is 1. The average Bonchev–Trinajstić information content (AvgIpc) is 2.97. The number of methoxy groups -OCH3 is 2. The Hall–Kier alpha value is -2.36. The van der Waals surface area contributed by atoms with Crippen molar-refractivity contribution in [3.8, 4) is 11.5 Å². The molecular weight excluding hydrogens is 266 g/mol. The third-order valence-corrected chi connectivity index (χ3v) is 3.95. The Bertz CT molecular complexity index is 681. The maximum absolute atomic E-state index is 12.9. The zero-order valence-corrected chi connectivity index (χ0v) is 12.1. The smallest absolute Gasteiger partial charge is 0.175 e. The van der Waals surface area contributed by atoms with E-state index in [0.717, 1.165) is 24.1 Å². The van der Waals surface area contributed by atoms with Crippen molar-refractivity contribution in [1.29, 1.82) is 0 Å². The average molecular weight is 283 g/mol. The van der Waals surface area contributed by atoms with E-state index in [9.17, 15) is 4.79 Å². The summed E-state index contributed by atoms with van der Waals surface area (Å²) in [5.41, 5.74) is 2.62. The lowest BCUT2D eigenvalue weighted by Gasteiger charge is -2.13. The van der Waals surface area contributed by atoms with E-state index in [0.29, 0.717) is 17.1 Å². The molecule has 1 heterocycles. The molecule has 0 radical (unpaired) electrons. The van der Waals surface area contributed by atoms with Crippen LogP contribution in [0.25, 0.3) is 0 Å². The van der Waals surface area contributed by atoms with Crippen molar-refractivity contribution in [2.75, 3.05) is 14.2 Å². The number of hydrogen-bond donors (Lipinski definition) is 0. The molecule has 0 N–H and O–H groups in total. The number of ether oxygens (including phenoxy) is 2. The van der Waals surface area contributed by atoms with E-state index in [1.165, 1.54) is 0 Å². The number of nitrogens with zero attached hydrogens (tertiary/aromatic N) is 1. The van der Waals surface area contributed by atoms with Crippen LogP contribution in [0.1, 0.15) is 34.0 Å². The van der Waals surface area contributed by atoms with E-state index in [4.69, 9.17) is 9.47 Å². The van der Waals surface area contributed by atoms with Gasteiger partial charge < -0.3 is 9.47 Å². The highest BCUT2D eigenvalue weighted by Crippen LogP contribution is 2.36. The number of rotatable bonds is 4. The number of carbonyl (C=O) groups is 1. The van der Waals surface area contributed by atoms with Gasteiger partial charge in [0.15, 0.2) is 5.78 Å². The molecule has 1 aromatic carbocycles. The SMILES string of the molecule is COc1ccc(OC)c(C(=O)C2CCc3cccnc32)c1. The number of benzene rings is 1. The van der Waals surface area contributed by atoms with Gasteiger partial charge in [-0.25, -0.2) is 0 Å². The molecule has 1 unspecified atom stereocenters. The number of pyridine rings is 1. The Labute approximate surface area is 123 Å². The van der Waals surface area contributed by atoms with E-state index < -0.39 is 0 Å². The predicted octanol–water partition coefficient (Wildman–Crippen LogP) is 3.01. The number of carbonyl (C=O) groups excluding carboxylic acids is 1. The van der Waals surface area contributed by atoms with Crippen LogP contribution < -0.4 is 9.47 Å². The molecule has 0 amide bonds. The van der Waals surface area contributed by atoms with Gasteiger partial charge in [0.05, 0.1) is 31.4 Å². The summed E-state index contributed by atoms with van der Waals surface area (Å²) in [6, 6.07) is 9.25. The highest BCUT2D eigenvalue weighted by Gasteiger charge is 2.32.